The number of H-pyrrole nitrogens is 1. The SMILES string of the molecule is CCOC(=O)c1cc(N[C@@H](C)C(=O)NCC(F)(F)F)nc(-c2c[nH]c3ncncc23)n1. The topological polar surface area (TPSA) is 135 Å². The summed E-state index contributed by atoms with van der Waals surface area (Å²) in [6.45, 7) is 1.63. The van der Waals surface area contributed by atoms with Gasteiger partial charge in [0.1, 0.15) is 30.4 Å². The van der Waals surface area contributed by atoms with Crippen LogP contribution in [-0.4, -0.2) is 62.2 Å². The largest absolute Gasteiger partial charge is 0.461 e. The van der Waals surface area contributed by atoms with Crippen LogP contribution in [0.3, 0.4) is 0 Å². The van der Waals surface area contributed by atoms with E-state index in [-0.39, 0.29) is 23.9 Å². The summed E-state index contributed by atoms with van der Waals surface area (Å²) in [7, 11) is 0. The van der Waals surface area contributed by atoms with Gasteiger partial charge in [-0.25, -0.2) is 24.7 Å². The highest BCUT2D eigenvalue weighted by Gasteiger charge is 2.29. The Morgan fingerprint density at radius 3 is 2.77 bits per heavy atom. The third-order valence-electron chi connectivity index (χ3n) is 4.03. The van der Waals surface area contributed by atoms with Crippen LogP contribution in [0.1, 0.15) is 24.3 Å². The van der Waals surface area contributed by atoms with Crippen molar-refractivity contribution in [2.45, 2.75) is 26.1 Å². The summed E-state index contributed by atoms with van der Waals surface area (Å²) in [6.07, 6.45) is -0.0690. The quantitative estimate of drug-likeness (QED) is 0.478. The first-order chi connectivity index (χ1) is 14.7. The van der Waals surface area contributed by atoms with Crippen LogP contribution in [0.15, 0.2) is 24.8 Å². The molecule has 1 amide bonds. The molecule has 3 aromatic heterocycles. The molecule has 0 aliphatic heterocycles. The van der Waals surface area contributed by atoms with Gasteiger partial charge in [-0.1, -0.05) is 0 Å². The van der Waals surface area contributed by atoms with Crippen LogP contribution in [-0.2, 0) is 9.53 Å². The molecule has 0 bridgehead atoms. The van der Waals surface area contributed by atoms with Crippen molar-refractivity contribution in [3.63, 3.8) is 0 Å². The van der Waals surface area contributed by atoms with E-state index in [4.69, 9.17) is 4.74 Å². The van der Waals surface area contributed by atoms with Gasteiger partial charge in [0, 0.05) is 29.4 Å². The smallest absolute Gasteiger partial charge is 0.405 e. The molecule has 3 heterocycles. The van der Waals surface area contributed by atoms with Crippen molar-refractivity contribution >= 4 is 28.7 Å². The number of nitrogens with one attached hydrogen (secondary N) is 3. The minimum Gasteiger partial charge on any atom is -0.461 e. The lowest BCUT2D eigenvalue weighted by Gasteiger charge is -2.16. The first-order valence-electron chi connectivity index (χ1n) is 9.12. The number of aromatic amines is 1. The van der Waals surface area contributed by atoms with Gasteiger partial charge in [-0.05, 0) is 13.8 Å². The van der Waals surface area contributed by atoms with Gasteiger partial charge >= 0.3 is 12.1 Å². The Bertz CT molecular complexity index is 1100. The summed E-state index contributed by atoms with van der Waals surface area (Å²) < 4.78 is 42.0. The first kappa shape index (κ1) is 21.9. The van der Waals surface area contributed by atoms with Gasteiger partial charge in [0.05, 0.1) is 6.61 Å². The van der Waals surface area contributed by atoms with Crippen molar-refractivity contribution in [2.24, 2.45) is 0 Å². The Balaban J connectivity index is 1.92. The highest BCUT2D eigenvalue weighted by Crippen LogP contribution is 2.26. The average Bonchev–Trinajstić information content (AvgIpc) is 3.15. The number of fused-ring (bicyclic) bond motifs is 1. The van der Waals surface area contributed by atoms with Gasteiger partial charge in [-0.3, -0.25) is 4.79 Å². The molecule has 0 radical (unpaired) electrons. The van der Waals surface area contributed by atoms with Crippen LogP contribution < -0.4 is 10.6 Å². The summed E-state index contributed by atoms with van der Waals surface area (Å²) >= 11 is 0. The fourth-order valence-electron chi connectivity index (χ4n) is 2.62. The molecule has 13 heteroatoms. The number of hydrogen-bond acceptors (Lipinski definition) is 8. The van der Waals surface area contributed by atoms with E-state index >= 15 is 0 Å². The fourth-order valence-corrected chi connectivity index (χ4v) is 2.62. The second-order valence-electron chi connectivity index (χ2n) is 6.37. The van der Waals surface area contributed by atoms with Gasteiger partial charge < -0.3 is 20.4 Å². The van der Waals surface area contributed by atoms with Gasteiger partial charge in [0.15, 0.2) is 11.5 Å². The van der Waals surface area contributed by atoms with Gasteiger partial charge in [-0.2, -0.15) is 13.2 Å². The predicted octanol–water partition coefficient (Wildman–Crippen LogP) is 2.07. The van der Waals surface area contributed by atoms with Crippen LogP contribution in [0.4, 0.5) is 19.0 Å². The summed E-state index contributed by atoms with van der Waals surface area (Å²) in [5.74, 6) is -1.46. The molecule has 31 heavy (non-hydrogen) atoms. The van der Waals surface area contributed by atoms with Crippen LogP contribution in [0.5, 0.6) is 0 Å². The molecular weight excluding hydrogens is 419 g/mol. The first-order valence-corrected chi connectivity index (χ1v) is 9.12. The molecule has 3 aromatic rings. The molecule has 0 aliphatic rings. The maximum absolute atomic E-state index is 12.3. The predicted molar refractivity (Wildman–Crippen MR) is 103 cm³/mol. The third kappa shape index (κ3) is 5.43. The number of rotatable bonds is 7. The minimum absolute atomic E-state index is 0.0499. The van der Waals surface area contributed by atoms with E-state index in [9.17, 15) is 22.8 Å². The summed E-state index contributed by atoms with van der Waals surface area (Å²) in [4.78, 5) is 43.7. The second kappa shape index (κ2) is 8.93. The fraction of sp³-hybridized carbons (Fsp3) is 0.333. The van der Waals surface area contributed by atoms with E-state index in [1.807, 2.05) is 0 Å². The van der Waals surface area contributed by atoms with Gasteiger partial charge in [0.2, 0.25) is 5.91 Å². The highest BCUT2D eigenvalue weighted by molar-refractivity contribution is 5.93. The number of halogens is 3. The standard InChI is InChI=1S/C18H18F3N7O3/c1-3-31-17(30)12-4-13(26-9(2)16(29)24-7-18(19,20)21)28-15(27-12)11-6-23-14-10(11)5-22-8-25-14/h4-6,8-9H,3,7H2,1-2H3,(H,24,29)(H,22,23,25)(H,26,27,28)/t9-/m0/s1. The summed E-state index contributed by atoms with van der Waals surface area (Å²) in [6, 6.07) is 0.173. The maximum Gasteiger partial charge on any atom is 0.405 e. The van der Waals surface area contributed by atoms with Crippen LogP contribution >= 0.6 is 0 Å². The molecule has 0 saturated carbocycles. The Morgan fingerprint density at radius 2 is 2.06 bits per heavy atom. The average molecular weight is 437 g/mol. The van der Waals surface area contributed by atoms with Gasteiger partial charge in [0.25, 0.3) is 0 Å². The van der Waals surface area contributed by atoms with Crippen molar-refractivity contribution in [2.75, 3.05) is 18.5 Å². The van der Waals surface area contributed by atoms with E-state index < -0.39 is 30.6 Å². The van der Waals surface area contributed by atoms with Crippen molar-refractivity contribution < 1.29 is 27.5 Å². The number of amides is 1. The lowest BCUT2D eigenvalue weighted by atomic mass is 10.2. The van der Waals surface area contributed by atoms with Crippen LogP contribution in [0.25, 0.3) is 22.4 Å². The molecule has 1 atom stereocenters. The van der Waals surface area contributed by atoms with Crippen LogP contribution in [0, 0.1) is 0 Å². The number of carbonyl (C=O) groups is 2. The lowest BCUT2D eigenvalue weighted by Crippen LogP contribution is -2.42. The van der Waals surface area contributed by atoms with E-state index in [2.05, 4.69) is 30.2 Å². The third-order valence-corrected chi connectivity index (χ3v) is 4.03. The Labute approximate surface area is 173 Å². The molecule has 0 aromatic carbocycles. The molecule has 0 saturated heterocycles. The number of esters is 1. The van der Waals surface area contributed by atoms with E-state index in [1.54, 1.807) is 18.4 Å². The van der Waals surface area contributed by atoms with Crippen LogP contribution in [0.2, 0.25) is 0 Å². The number of aromatic nitrogens is 5. The zero-order chi connectivity index (χ0) is 22.6. The highest BCUT2D eigenvalue weighted by atomic mass is 19.4. The molecule has 3 N–H and O–H groups in total. The van der Waals surface area contributed by atoms with E-state index in [0.717, 1.165) is 0 Å². The van der Waals surface area contributed by atoms with E-state index in [1.165, 1.54) is 25.5 Å². The van der Waals surface area contributed by atoms with E-state index in [0.29, 0.717) is 16.6 Å². The maximum atomic E-state index is 12.3. The zero-order valence-corrected chi connectivity index (χ0v) is 16.4. The minimum atomic E-state index is -4.54. The molecular formula is C18H18F3N7O3. The number of alkyl halides is 3. The molecule has 164 valence electrons. The summed E-state index contributed by atoms with van der Waals surface area (Å²) in [5, 5.41) is 5.06. The molecule has 3 rings (SSSR count). The van der Waals surface area contributed by atoms with Crippen molar-refractivity contribution in [3.05, 3.63) is 30.5 Å². The zero-order valence-electron chi connectivity index (χ0n) is 16.4. The monoisotopic (exact) mass is 437 g/mol. The molecule has 0 spiro atoms. The molecule has 0 aliphatic carbocycles. The number of nitrogens with zero attached hydrogens (tertiary/aromatic N) is 4. The molecule has 0 unspecified atom stereocenters. The lowest BCUT2D eigenvalue weighted by molar-refractivity contribution is -0.138. The van der Waals surface area contributed by atoms with Gasteiger partial charge in [-0.15, -0.1) is 0 Å². The van der Waals surface area contributed by atoms with Crippen molar-refractivity contribution in [1.29, 1.82) is 0 Å². The molecule has 10 nitrogen and oxygen atoms in total. The Morgan fingerprint density at radius 1 is 1.29 bits per heavy atom. The Kier molecular flexibility index (Phi) is 6.32. The second-order valence-corrected chi connectivity index (χ2v) is 6.37. The molecule has 0 fully saturated rings. The number of anilines is 1. The van der Waals surface area contributed by atoms with Crippen molar-refractivity contribution in [3.8, 4) is 11.4 Å². The summed E-state index contributed by atoms with van der Waals surface area (Å²) in [5.41, 5.74) is 0.909. The number of hydrogen-bond donors (Lipinski definition) is 3. The van der Waals surface area contributed by atoms with Crippen molar-refractivity contribution in [1.82, 2.24) is 30.2 Å². The number of carbonyl (C=O) groups excluding carboxylic acids is 2. The number of ether oxygens (including phenoxy) is 1. The Hall–Kier alpha value is -3.77. The normalized spacial score (nSPS) is 12.4.